The molecule has 4 aromatic rings. The summed E-state index contributed by atoms with van der Waals surface area (Å²) in [6.07, 6.45) is 0. The van der Waals surface area contributed by atoms with E-state index in [0.29, 0.717) is 39.5 Å². The number of hydrogen-bond acceptors (Lipinski definition) is 7. The van der Waals surface area contributed by atoms with Crippen LogP contribution in [0.5, 0.6) is 23.0 Å². The zero-order chi connectivity index (χ0) is 24.9. The zero-order valence-corrected chi connectivity index (χ0v) is 19.8. The van der Waals surface area contributed by atoms with Gasteiger partial charge in [0.05, 0.1) is 32.2 Å². The van der Waals surface area contributed by atoms with Gasteiger partial charge in [0.1, 0.15) is 5.75 Å². The number of hydrogen-bond donors (Lipinski definition) is 1. The Morgan fingerprint density at radius 2 is 1.66 bits per heavy atom. The summed E-state index contributed by atoms with van der Waals surface area (Å²) in [7, 11) is 4.48. The molecule has 1 aromatic heterocycles. The first kappa shape index (κ1) is 23.6. The van der Waals surface area contributed by atoms with E-state index in [2.05, 4.69) is 10.4 Å². The first-order valence-corrected chi connectivity index (χ1v) is 10.8. The van der Waals surface area contributed by atoms with Gasteiger partial charge in [-0.15, -0.1) is 0 Å². The number of fused-ring (bicyclic) bond motifs is 1. The summed E-state index contributed by atoms with van der Waals surface area (Å²) in [6, 6.07) is 17.5. The van der Waals surface area contributed by atoms with Gasteiger partial charge in [-0.05, 0) is 48.9 Å². The average molecular weight is 476 g/mol. The van der Waals surface area contributed by atoms with Gasteiger partial charge in [0.15, 0.2) is 23.9 Å². The van der Waals surface area contributed by atoms with Crippen molar-refractivity contribution < 1.29 is 23.7 Å². The number of rotatable bonds is 8. The van der Waals surface area contributed by atoms with Crippen molar-refractivity contribution in [3.8, 4) is 34.4 Å². The first-order valence-electron chi connectivity index (χ1n) is 10.8. The molecule has 0 saturated heterocycles. The lowest BCUT2D eigenvalue weighted by atomic mass is 10.1. The van der Waals surface area contributed by atoms with Crippen molar-refractivity contribution in [2.45, 2.75) is 6.92 Å². The van der Waals surface area contributed by atoms with Gasteiger partial charge in [-0.2, -0.15) is 4.68 Å². The summed E-state index contributed by atoms with van der Waals surface area (Å²) in [5, 5.41) is 0.351. The maximum atomic E-state index is 13.4. The fourth-order valence-electron chi connectivity index (χ4n) is 3.65. The number of para-hydroxylation sites is 1. The molecule has 0 atom stereocenters. The van der Waals surface area contributed by atoms with Gasteiger partial charge in [0.2, 0.25) is 5.75 Å². The predicted molar refractivity (Wildman–Crippen MR) is 132 cm³/mol. The highest BCUT2D eigenvalue weighted by Crippen LogP contribution is 2.40. The van der Waals surface area contributed by atoms with Crippen LogP contribution < -0.4 is 29.9 Å². The van der Waals surface area contributed by atoms with E-state index in [0.717, 1.165) is 10.2 Å². The third kappa shape index (κ3) is 4.89. The Morgan fingerprint density at radius 3 is 2.31 bits per heavy atom. The minimum atomic E-state index is -0.528. The summed E-state index contributed by atoms with van der Waals surface area (Å²) in [5.74, 6) is 1.36. The molecule has 4 rings (SSSR count). The topological polar surface area (TPSA) is 101 Å². The monoisotopic (exact) mass is 475 g/mol. The van der Waals surface area contributed by atoms with Gasteiger partial charge in [0, 0.05) is 5.56 Å². The molecule has 1 heterocycles. The predicted octanol–water partition coefficient (Wildman–Crippen LogP) is 3.55. The molecule has 0 aliphatic heterocycles. The van der Waals surface area contributed by atoms with Crippen molar-refractivity contribution in [2.24, 2.45) is 0 Å². The number of methoxy groups -OCH3 is 3. The van der Waals surface area contributed by atoms with E-state index in [-0.39, 0.29) is 12.4 Å². The second kappa shape index (κ2) is 10.2. The van der Waals surface area contributed by atoms with E-state index in [4.69, 9.17) is 18.9 Å². The molecule has 1 amide bonds. The molecule has 9 heteroatoms. The third-order valence-electron chi connectivity index (χ3n) is 5.29. The molecule has 9 nitrogen and oxygen atoms in total. The second-order valence-corrected chi connectivity index (χ2v) is 7.65. The normalized spacial score (nSPS) is 10.6. The Balaban J connectivity index is 1.78. The number of carbonyl (C=O) groups is 1. The molecule has 1 N–H and O–H groups in total. The lowest BCUT2D eigenvalue weighted by molar-refractivity contribution is -0.119. The van der Waals surface area contributed by atoms with Crippen molar-refractivity contribution in [1.29, 1.82) is 0 Å². The summed E-state index contributed by atoms with van der Waals surface area (Å²) in [6.45, 7) is 1.63. The van der Waals surface area contributed by atoms with Crippen LogP contribution in [0.15, 0.2) is 65.5 Å². The molecule has 3 aromatic carbocycles. The third-order valence-corrected chi connectivity index (χ3v) is 5.29. The molecule has 0 aliphatic carbocycles. The van der Waals surface area contributed by atoms with Gasteiger partial charge in [-0.3, -0.25) is 15.0 Å². The van der Waals surface area contributed by atoms with Crippen LogP contribution in [0.1, 0.15) is 5.56 Å². The van der Waals surface area contributed by atoms with Crippen molar-refractivity contribution in [2.75, 3.05) is 33.4 Å². The second-order valence-electron chi connectivity index (χ2n) is 7.65. The van der Waals surface area contributed by atoms with Crippen LogP contribution in [-0.2, 0) is 4.79 Å². The van der Waals surface area contributed by atoms with Crippen molar-refractivity contribution in [3.63, 3.8) is 0 Å². The highest BCUT2D eigenvalue weighted by atomic mass is 16.5. The molecule has 180 valence electrons. The number of amides is 1. The Hall–Kier alpha value is -4.53. The number of aryl methyl sites for hydroxylation is 1. The van der Waals surface area contributed by atoms with Gasteiger partial charge in [-0.1, -0.05) is 24.3 Å². The summed E-state index contributed by atoms with van der Waals surface area (Å²) in [5.41, 5.74) is 4.13. The number of ether oxygens (including phenoxy) is 4. The Kier molecular flexibility index (Phi) is 6.86. The number of nitrogens with one attached hydrogen (secondary N) is 1. The van der Waals surface area contributed by atoms with E-state index in [1.165, 1.54) is 21.3 Å². The van der Waals surface area contributed by atoms with Gasteiger partial charge >= 0.3 is 0 Å². The molecular formula is C26H25N3O6. The quantitative estimate of drug-likeness (QED) is 0.416. The van der Waals surface area contributed by atoms with E-state index >= 15 is 0 Å². The lowest BCUT2D eigenvalue weighted by Gasteiger charge is -2.17. The van der Waals surface area contributed by atoms with Crippen molar-refractivity contribution in [1.82, 2.24) is 9.66 Å². The molecule has 35 heavy (non-hydrogen) atoms. The number of carbonyl (C=O) groups excluding carboxylic acids is 1. The largest absolute Gasteiger partial charge is 0.493 e. The minimum absolute atomic E-state index is 0.192. The van der Waals surface area contributed by atoms with Crippen LogP contribution in [0.3, 0.4) is 0 Å². The molecule has 0 spiro atoms. The fourth-order valence-corrected chi connectivity index (χ4v) is 3.65. The lowest BCUT2D eigenvalue weighted by Crippen LogP contribution is -2.37. The smallest absolute Gasteiger partial charge is 0.280 e. The fraction of sp³-hybridized carbons (Fsp3) is 0.192. The van der Waals surface area contributed by atoms with E-state index in [1.54, 1.807) is 42.5 Å². The summed E-state index contributed by atoms with van der Waals surface area (Å²) in [4.78, 5) is 30.8. The summed E-state index contributed by atoms with van der Waals surface area (Å²) >= 11 is 0. The molecule has 0 unspecified atom stereocenters. The molecule has 0 saturated carbocycles. The van der Waals surface area contributed by atoms with Gasteiger partial charge < -0.3 is 18.9 Å². The molecule has 0 fully saturated rings. The number of benzene rings is 3. The number of aromatic nitrogens is 2. The Bertz CT molecular complexity index is 1420. The van der Waals surface area contributed by atoms with Crippen molar-refractivity contribution in [3.05, 3.63) is 76.6 Å². The number of nitrogens with zero attached hydrogens (tertiary/aromatic N) is 2. The highest BCUT2D eigenvalue weighted by molar-refractivity contribution is 5.87. The van der Waals surface area contributed by atoms with Crippen LogP contribution in [0.4, 0.5) is 0 Å². The molecule has 0 bridgehead atoms. The maximum Gasteiger partial charge on any atom is 0.280 e. The van der Waals surface area contributed by atoms with Crippen LogP contribution in [0.25, 0.3) is 22.3 Å². The van der Waals surface area contributed by atoms with Crippen molar-refractivity contribution >= 4 is 16.8 Å². The standard InChI is InChI=1S/C26H25N3O6/c1-16-8-7-9-18(12-16)35-15-23(30)28-29-25(27-20-11-6-5-10-19(20)26(29)31)17-13-21(32-2)24(34-4)22(14-17)33-3/h5-14H,15H2,1-4H3,(H,28,30). The highest BCUT2D eigenvalue weighted by Gasteiger charge is 2.20. The average Bonchev–Trinajstić information content (AvgIpc) is 2.88. The van der Waals surface area contributed by atoms with Gasteiger partial charge in [0.25, 0.3) is 11.5 Å². The van der Waals surface area contributed by atoms with Gasteiger partial charge in [-0.25, -0.2) is 4.98 Å². The van der Waals surface area contributed by atoms with E-state index in [1.807, 2.05) is 25.1 Å². The zero-order valence-electron chi connectivity index (χ0n) is 19.8. The van der Waals surface area contributed by atoms with Crippen LogP contribution in [-0.4, -0.2) is 43.5 Å². The molecular weight excluding hydrogens is 450 g/mol. The summed E-state index contributed by atoms with van der Waals surface area (Å²) < 4.78 is 23.0. The first-order chi connectivity index (χ1) is 16.9. The van der Waals surface area contributed by atoms with Crippen LogP contribution in [0.2, 0.25) is 0 Å². The Morgan fingerprint density at radius 1 is 0.943 bits per heavy atom. The van der Waals surface area contributed by atoms with E-state index < -0.39 is 11.5 Å². The minimum Gasteiger partial charge on any atom is -0.493 e. The Labute approximate surface area is 201 Å². The maximum absolute atomic E-state index is 13.4. The molecule has 0 radical (unpaired) electrons. The SMILES string of the molecule is COc1cc(-c2nc3ccccc3c(=O)n2NC(=O)COc2cccc(C)c2)cc(OC)c1OC. The van der Waals surface area contributed by atoms with Crippen LogP contribution >= 0.6 is 0 Å². The van der Waals surface area contributed by atoms with E-state index in [9.17, 15) is 9.59 Å². The van der Waals surface area contributed by atoms with Crippen LogP contribution in [0, 0.1) is 6.92 Å². The molecule has 0 aliphatic rings.